The molecule has 3 aromatic rings. The molecule has 4 rings (SSSR count). The number of anilines is 2. The van der Waals surface area contributed by atoms with Gasteiger partial charge in [0.1, 0.15) is 17.3 Å². The number of carbonyl (C=O) groups is 2. The second kappa shape index (κ2) is 9.28. The first-order valence-corrected chi connectivity index (χ1v) is 10.8. The minimum absolute atomic E-state index is 0.0786. The van der Waals surface area contributed by atoms with Crippen LogP contribution in [-0.2, 0) is 9.59 Å². The third-order valence-electron chi connectivity index (χ3n) is 5.28. The molecular formula is C27H25FN2O3. The van der Waals surface area contributed by atoms with E-state index in [1.54, 1.807) is 30.3 Å². The highest BCUT2D eigenvalue weighted by molar-refractivity contribution is 6.46. The summed E-state index contributed by atoms with van der Waals surface area (Å²) in [5.41, 5.74) is 3.46. The standard InChI is InChI=1S/C27H25FN2O3/c1-4-13-33-21-11-9-19(10-12-21)24-25(29-20-15-17(2)14-18(3)16-20)27(32)30(26(24)31)23-8-6-5-7-22(23)28/h5-12,14-16,29H,4,13H2,1-3H3. The maximum absolute atomic E-state index is 14.5. The zero-order valence-electron chi connectivity index (χ0n) is 18.8. The Morgan fingerprint density at radius 3 is 2.21 bits per heavy atom. The van der Waals surface area contributed by atoms with Crippen LogP contribution in [0.5, 0.6) is 5.75 Å². The Bertz CT molecular complexity index is 1230. The fourth-order valence-corrected chi connectivity index (χ4v) is 3.89. The van der Waals surface area contributed by atoms with Gasteiger partial charge in [-0.1, -0.05) is 37.3 Å². The number of hydrogen-bond acceptors (Lipinski definition) is 4. The van der Waals surface area contributed by atoms with Gasteiger partial charge in [-0.3, -0.25) is 9.59 Å². The lowest BCUT2D eigenvalue weighted by Crippen LogP contribution is -2.33. The van der Waals surface area contributed by atoms with Crippen LogP contribution in [0.4, 0.5) is 15.8 Å². The Morgan fingerprint density at radius 1 is 0.909 bits per heavy atom. The van der Waals surface area contributed by atoms with E-state index in [9.17, 15) is 14.0 Å². The summed E-state index contributed by atoms with van der Waals surface area (Å²) < 4.78 is 20.2. The number of hydrogen-bond donors (Lipinski definition) is 1. The molecule has 1 aliphatic heterocycles. The van der Waals surface area contributed by atoms with Crippen LogP contribution in [0.25, 0.3) is 5.57 Å². The molecular weight excluding hydrogens is 419 g/mol. The molecule has 1 N–H and O–H groups in total. The van der Waals surface area contributed by atoms with E-state index in [4.69, 9.17) is 4.74 Å². The number of nitrogens with zero attached hydrogens (tertiary/aromatic N) is 1. The number of rotatable bonds is 7. The van der Waals surface area contributed by atoms with Gasteiger partial charge >= 0.3 is 0 Å². The van der Waals surface area contributed by atoms with Crippen molar-refractivity contribution >= 4 is 28.8 Å². The van der Waals surface area contributed by atoms with Crippen LogP contribution in [0.15, 0.2) is 72.4 Å². The Labute approximate surface area is 192 Å². The number of halogens is 1. The van der Waals surface area contributed by atoms with E-state index in [1.807, 2.05) is 39.0 Å². The fraction of sp³-hybridized carbons (Fsp3) is 0.185. The maximum Gasteiger partial charge on any atom is 0.282 e. The Morgan fingerprint density at radius 2 is 1.58 bits per heavy atom. The summed E-state index contributed by atoms with van der Waals surface area (Å²) in [5, 5.41) is 3.13. The quantitative estimate of drug-likeness (QED) is 0.480. The van der Waals surface area contributed by atoms with Crippen molar-refractivity contribution in [1.82, 2.24) is 0 Å². The molecule has 5 nitrogen and oxygen atoms in total. The Hall–Kier alpha value is -3.93. The van der Waals surface area contributed by atoms with E-state index in [0.717, 1.165) is 22.4 Å². The van der Waals surface area contributed by atoms with Gasteiger partial charge in [0, 0.05) is 5.69 Å². The predicted molar refractivity (Wildman–Crippen MR) is 128 cm³/mol. The monoisotopic (exact) mass is 444 g/mol. The van der Waals surface area contributed by atoms with Crippen LogP contribution in [0.1, 0.15) is 30.0 Å². The Balaban J connectivity index is 1.79. The van der Waals surface area contributed by atoms with Crippen LogP contribution in [0.2, 0.25) is 0 Å². The number of aryl methyl sites for hydroxylation is 2. The highest BCUT2D eigenvalue weighted by atomic mass is 19.1. The van der Waals surface area contributed by atoms with Gasteiger partial charge in [0.15, 0.2) is 0 Å². The topological polar surface area (TPSA) is 58.6 Å². The summed E-state index contributed by atoms with van der Waals surface area (Å²) in [5.74, 6) is -1.16. The number of amides is 2. The van der Waals surface area contributed by atoms with Crippen molar-refractivity contribution in [3.63, 3.8) is 0 Å². The average molecular weight is 445 g/mol. The van der Waals surface area contributed by atoms with Crippen molar-refractivity contribution in [1.29, 1.82) is 0 Å². The highest BCUT2D eigenvalue weighted by Crippen LogP contribution is 2.35. The van der Waals surface area contributed by atoms with Crippen LogP contribution in [-0.4, -0.2) is 18.4 Å². The Kier molecular flexibility index (Phi) is 6.27. The second-order valence-corrected chi connectivity index (χ2v) is 8.02. The van der Waals surface area contributed by atoms with Crippen LogP contribution < -0.4 is 15.0 Å². The first-order valence-electron chi connectivity index (χ1n) is 10.8. The summed E-state index contributed by atoms with van der Waals surface area (Å²) in [4.78, 5) is 27.8. The molecule has 0 saturated carbocycles. The van der Waals surface area contributed by atoms with Crippen molar-refractivity contribution in [3.05, 3.63) is 94.9 Å². The van der Waals surface area contributed by atoms with Gasteiger partial charge in [-0.05, 0) is 73.4 Å². The molecule has 0 atom stereocenters. The summed E-state index contributed by atoms with van der Waals surface area (Å²) in [7, 11) is 0. The predicted octanol–water partition coefficient (Wildman–Crippen LogP) is 5.63. The maximum atomic E-state index is 14.5. The largest absolute Gasteiger partial charge is 0.494 e. The molecule has 0 bridgehead atoms. The first kappa shape index (κ1) is 22.3. The van der Waals surface area contributed by atoms with Crippen LogP contribution in [0.3, 0.4) is 0 Å². The SMILES string of the molecule is CCCOc1ccc(C2=C(Nc3cc(C)cc(C)c3)C(=O)N(c3ccccc3F)C2=O)cc1. The smallest absolute Gasteiger partial charge is 0.282 e. The molecule has 6 heteroatoms. The average Bonchev–Trinajstić information content (AvgIpc) is 3.02. The van der Waals surface area contributed by atoms with Gasteiger partial charge in [-0.25, -0.2) is 9.29 Å². The molecule has 0 aromatic heterocycles. The summed E-state index contributed by atoms with van der Waals surface area (Å²) in [6.07, 6.45) is 0.876. The number of imide groups is 1. The van der Waals surface area contributed by atoms with Crippen molar-refractivity contribution in [2.45, 2.75) is 27.2 Å². The second-order valence-electron chi connectivity index (χ2n) is 8.02. The first-order chi connectivity index (χ1) is 15.9. The van der Waals surface area contributed by atoms with Gasteiger partial charge in [0.25, 0.3) is 11.8 Å². The third kappa shape index (κ3) is 4.51. The fourth-order valence-electron chi connectivity index (χ4n) is 3.89. The number of benzene rings is 3. The molecule has 2 amide bonds. The van der Waals surface area contributed by atoms with Crippen molar-refractivity contribution in [2.75, 3.05) is 16.8 Å². The lowest BCUT2D eigenvalue weighted by molar-refractivity contribution is -0.120. The van der Waals surface area contributed by atoms with Crippen molar-refractivity contribution in [2.24, 2.45) is 0 Å². The molecule has 0 unspecified atom stereocenters. The molecule has 1 heterocycles. The highest BCUT2D eigenvalue weighted by Gasteiger charge is 2.41. The van der Waals surface area contributed by atoms with Gasteiger partial charge in [-0.15, -0.1) is 0 Å². The van der Waals surface area contributed by atoms with E-state index in [2.05, 4.69) is 5.32 Å². The summed E-state index contributed by atoms with van der Waals surface area (Å²) in [6.45, 7) is 6.51. The number of carbonyl (C=O) groups excluding carboxylic acids is 2. The molecule has 0 spiro atoms. The lowest BCUT2D eigenvalue weighted by Gasteiger charge is -2.16. The van der Waals surface area contributed by atoms with Gasteiger partial charge in [0.2, 0.25) is 0 Å². The summed E-state index contributed by atoms with van der Waals surface area (Å²) >= 11 is 0. The molecule has 33 heavy (non-hydrogen) atoms. The molecule has 0 fully saturated rings. The third-order valence-corrected chi connectivity index (χ3v) is 5.28. The van der Waals surface area contributed by atoms with E-state index in [1.165, 1.54) is 18.2 Å². The number of para-hydroxylation sites is 1. The molecule has 0 aliphatic carbocycles. The van der Waals surface area contributed by atoms with E-state index in [0.29, 0.717) is 23.6 Å². The van der Waals surface area contributed by atoms with Crippen LogP contribution >= 0.6 is 0 Å². The molecule has 0 saturated heterocycles. The lowest BCUT2D eigenvalue weighted by atomic mass is 10.0. The molecule has 0 radical (unpaired) electrons. The van der Waals surface area contributed by atoms with Gasteiger partial charge in [0.05, 0.1) is 17.9 Å². The van der Waals surface area contributed by atoms with Crippen molar-refractivity contribution in [3.8, 4) is 5.75 Å². The van der Waals surface area contributed by atoms with Gasteiger partial charge < -0.3 is 10.1 Å². The van der Waals surface area contributed by atoms with Crippen molar-refractivity contribution < 1.29 is 18.7 Å². The summed E-state index contributed by atoms with van der Waals surface area (Å²) in [6, 6.07) is 18.5. The minimum atomic E-state index is -0.644. The zero-order valence-corrected chi connectivity index (χ0v) is 18.8. The number of nitrogens with one attached hydrogen (secondary N) is 1. The van der Waals surface area contributed by atoms with Crippen LogP contribution in [0, 0.1) is 19.7 Å². The normalized spacial score (nSPS) is 13.6. The molecule has 168 valence electrons. The van der Waals surface area contributed by atoms with E-state index >= 15 is 0 Å². The molecule has 3 aromatic carbocycles. The molecule has 1 aliphatic rings. The minimum Gasteiger partial charge on any atom is -0.494 e. The van der Waals surface area contributed by atoms with Gasteiger partial charge in [-0.2, -0.15) is 0 Å². The van der Waals surface area contributed by atoms with E-state index < -0.39 is 17.6 Å². The zero-order chi connectivity index (χ0) is 23.5. The van der Waals surface area contributed by atoms with E-state index in [-0.39, 0.29) is 17.0 Å². The number of ether oxygens (including phenoxy) is 1.